The van der Waals surface area contributed by atoms with E-state index >= 15 is 0 Å². The number of nitrogens with one attached hydrogen (secondary N) is 1. The molecule has 1 saturated heterocycles. The minimum Gasteiger partial charge on any atom is -0.390 e. The van der Waals surface area contributed by atoms with Crippen molar-refractivity contribution in [3.8, 4) is 0 Å². The Morgan fingerprint density at radius 2 is 1.88 bits per heavy atom. The highest BCUT2D eigenvalue weighted by Gasteiger charge is 2.40. The third-order valence-electron chi connectivity index (χ3n) is 4.00. The van der Waals surface area contributed by atoms with E-state index < -0.39 is 22.0 Å². The van der Waals surface area contributed by atoms with Gasteiger partial charge in [0, 0.05) is 18.8 Å². The summed E-state index contributed by atoms with van der Waals surface area (Å²) in [6.07, 6.45) is -0.957. The first-order chi connectivity index (χ1) is 11.3. The van der Waals surface area contributed by atoms with Crippen LogP contribution in [0.4, 0.5) is 5.69 Å². The van der Waals surface area contributed by atoms with E-state index in [1.807, 2.05) is 37.2 Å². The minimum absolute atomic E-state index is 0.0416. The van der Waals surface area contributed by atoms with Gasteiger partial charge in [-0.05, 0) is 26.2 Å². The quantitative estimate of drug-likeness (QED) is 0.695. The van der Waals surface area contributed by atoms with E-state index in [0.29, 0.717) is 18.8 Å². The smallest absolute Gasteiger partial charge is 0.238 e. The lowest BCUT2D eigenvalue weighted by molar-refractivity contribution is -0.118. The van der Waals surface area contributed by atoms with Gasteiger partial charge in [-0.2, -0.15) is 0 Å². The Kier molecular flexibility index (Phi) is 6.34. The molecule has 0 saturated carbocycles. The van der Waals surface area contributed by atoms with Crippen LogP contribution in [0.3, 0.4) is 0 Å². The standard InChI is InChI=1S/C16H25N3O4S/c1-18(2)8-9-19(14-11-24(22,23)12-15(14)20)10-16(21)17-13-6-4-3-5-7-13/h3-7,14-15,20H,8-12H2,1-2H3,(H,17,21). The number of nitrogens with zero attached hydrogens (tertiary/aromatic N) is 2. The highest BCUT2D eigenvalue weighted by Crippen LogP contribution is 2.18. The monoisotopic (exact) mass is 355 g/mol. The molecule has 2 N–H and O–H groups in total. The van der Waals surface area contributed by atoms with Gasteiger partial charge in [0.05, 0.1) is 30.2 Å². The van der Waals surface area contributed by atoms with Crippen molar-refractivity contribution in [1.29, 1.82) is 0 Å². The van der Waals surface area contributed by atoms with Gasteiger partial charge in [-0.25, -0.2) is 8.42 Å². The van der Waals surface area contributed by atoms with Crippen LogP contribution in [0.15, 0.2) is 30.3 Å². The number of benzene rings is 1. The number of para-hydroxylation sites is 1. The molecule has 0 spiro atoms. The molecule has 1 fully saturated rings. The summed E-state index contributed by atoms with van der Waals surface area (Å²) in [5.74, 6) is -0.576. The van der Waals surface area contributed by atoms with Crippen LogP contribution >= 0.6 is 0 Å². The normalized spacial score (nSPS) is 22.9. The maximum Gasteiger partial charge on any atom is 0.238 e. The minimum atomic E-state index is -3.26. The average molecular weight is 355 g/mol. The SMILES string of the molecule is CN(C)CCN(CC(=O)Nc1ccccc1)C1CS(=O)(=O)CC1O. The molecule has 2 unspecified atom stereocenters. The molecule has 1 aliphatic rings. The van der Waals surface area contributed by atoms with Crippen LogP contribution in [0, 0.1) is 0 Å². The van der Waals surface area contributed by atoms with Gasteiger partial charge < -0.3 is 15.3 Å². The summed E-state index contributed by atoms with van der Waals surface area (Å²) >= 11 is 0. The van der Waals surface area contributed by atoms with Crippen LogP contribution in [0.1, 0.15) is 0 Å². The zero-order chi connectivity index (χ0) is 17.7. The molecule has 0 radical (unpaired) electrons. The third kappa shape index (κ3) is 5.55. The van der Waals surface area contributed by atoms with Gasteiger partial charge in [-0.3, -0.25) is 9.69 Å². The zero-order valence-electron chi connectivity index (χ0n) is 14.1. The highest BCUT2D eigenvalue weighted by molar-refractivity contribution is 7.91. The largest absolute Gasteiger partial charge is 0.390 e. The highest BCUT2D eigenvalue weighted by atomic mass is 32.2. The lowest BCUT2D eigenvalue weighted by Crippen LogP contribution is -2.49. The lowest BCUT2D eigenvalue weighted by Gasteiger charge is -2.30. The molecule has 2 atom stereocenters. The van der Waals surface area contributed by atoms with Gasteiger partial charge in [-0.1, -0.05) is 18.2 Å². The van der Waals surface area contributed by atoms with Gasteiger partial charge >= 0.3 is 0 Å². The molecule has 0 aliphatic carbocycles. The number of likely N-dealkylation sites (N-methyl/N-ethyl adjacent to an activating group) is 1. The molecular weight excluding hydrogens is 330 g/mol. The lowest BCUT2D eigenvalue weighted by atomic mass is 10.1. The molecular formula is C16H25N3O4S. The Balaban J connectivity index is 2.04. The Morgan fingerprint density at radius 3 is 2.42 bits per heavy atom. The van der Waals surface area contributed by atoms with E-state index in [2.05, 4.69) is 5.32 Å². The first kappa shape index (κ1) is 18.9. The first-order valence-electron chi connectivity index (χ1n) is 7.89. The maximum atomic E-state index is 12.3. The molecule has 2 rings (SSSR count). The number of aliphatic hydroxyl groups excluding tert-OH is 1. The molecule has 24 heavy (non-hydrogen) atoms. The van der Waals surface area contributed by atoms with Crippen LogP contribution in [0.25, 0.3) is 0 Å². The average Bonchev–Trinajstić information content (AvgIpc) is 2.77. The fraction of sp³-hybridized carbons (Fsp3) is 0.562. The van der Waals surface area contributed by atoms with E-state index in [1.54, 1.807) is 17.0 Å². The van der Waals surface area contributed by atoms with Gasteiger partial charge in [-0.15, -0.1) is 0 Å². The Hall–Kier alpha value is -1.48. The number of hydrogen-bond donors (Lipinski definition) is 2. The van der Waals surface area contributed by atoms with E-state index in [4.69, 9.17) is 0 Å². The van der Waals surface area contributed by atoms with Crippen molar-refractivity contribution < 1.29 is 18.3 Å². The van der Waals surface area contributed by atoms with Crippen molar-refractivity contribution in [2.75, 3.05) is 50.6 Å². The summed E-state index contributed by atoms with van der Waals surface area (Å²) in [6.45, 7) is 1.22. The van der Waals surface area contributed by atoms with Crippen molar-refractivity contribution >= 4 is 21.4 Å². The Morgan fingerprint density at radius 1 is 1.21 bits per heavy atom. The number of sulfone groups is 1. The molecule has 1 aliphatic heterocycles. The van der Waals surface area contributed by atoms with Crippen LogP contribution in [0.5, 0.6) is 0 Å². The van der Waals surface area contributed by atoms with Crippen molar-refractivity contribution in [1.82, 2.24) is 9.80 Å². The topological polar surface area (TPSA) is 90.0 Å². The number of carbonyl (C=O) groups is 1. The number of hydrogen-bond acceptors (Lipinski definition) is 6. The molecule has 134 valence electrons. The summed E-state index contributed by atoms with van der Waals surface area (Å²) in [6, 6.07) is 8.54. The van der Waals surface area contributed by atoms with Crippen LogP contribution in [-0.4, -0.2) is 86.6 Å². The van der Waals surface area contributed by atoms with Crippen molar-refractivity contribution in [2.24, 2.45) is 0 Å². The van der Waals surface area contributed by atoms with Gasteiger partial charge in [0.2, 0.25) is 5.91 Å². The van der Waals surface area contributed by atoms with E-state index in [0.717, 1.165) is 0 Å². The second-order valence-corrected chi connectivity index (χ2v) is 8.55. The maximum absolute atomic E-state index is 12.3. The van der Waals surface area contributed by atoms with Crippen LogP contribution in [-0.2, 0) is 14.6 Å². The molecule has 1 aromatic carbocycles. The fourth-order valence-corrected chi connectivity index (χ4v) is 4.59. The number of aliphatic hydroxyl groups is 1. The number of amides is 1. The van der Waals surface area contributed by atoms with Crippen molar-refractivity contribution in [3.05, 3.63) is 30.3 Å². The second-order valence-electron chi connectivity index (χ2n) is 6.40. The molecule has 1 amide bonds. The molecule has 0 bridgehead atoms. The van der Waals surface area contributed by atoms with E-state index in [1.165, 1.54) is 0 Å². The van der Waals surface area contributed by atoms with Gasteiger partial charge in [0.15, 0.2) is 9.84 Å². The van der Waals surface area contributed by atoms with Crippen LogP contribution < -0.4 is 5.32 Å². The van der Waals surface area contributed by atoms with Gasteiger partial charge in [0.1, 0.15) is 0 Å². The number of carbonyl (C=O) groups excluding carboxylic acids is 1. The van der Waals surface area contributed by atoms with Crippen molar-refractivity contribution in [2.45, 2.75) is 12.1 Å². The number of anilines is 1. The summed E-state index contributed by atoms with van der Waals surface area (Å²) in [5, 5.41) is 12.9. The molecule has 7 nitrogen and oxygen atoms in total. The first-order valence-corrected chi connectivity index (χ1v) is 9.71. The summed E-state index contributed by atoms with van der Waals surface area (Å²) in [4.78, 5) is 16.0. The second kappa shape index (κ2) is 8.06. The zero-order valence-corrected chi connectivity index (χ0v) is 14.9. The van der Waals surface area contributed by atoms with Gasteiger partial charge in [0.25, 0.3) is 0 Å². The molecule has 1 heterocycles. The Bertz CT molecular complexity index is 649. The van der Waals surface area contributed by atoms with Crippen LogP contribution in [0.2, 0.25) is 0 Å². The number of rotatable bonds is 7. The summed E-state index contributed by atoms with van der Waals surface area (Å²) in [5.41, 5.74) is 0.689. The summed E-state index contributed by atoms with van der Waals surface area (Å²) in [7, 11) is 0.554. The van der Waals surface area contributed by atoms with E-state index in [-0.39, 0.29) is 24.0 Å². The molecule has 1 aromatic rings. The fourth-order valence-electron chi connectivity index (χ4n) is 2.76. The predicted molar refractivity (Wildman–Crippen MR) is 93.6 cm³/mol. The molecule has 0 aromatic heterocycles. The molecule has 8 heteroatoms. The third-order valence-corrected chi connectivity index (χ3v) is 5.70. The summed E-state index contributed by atoms with van der Waals surface area (Å²) < 4.78 is 23.5. The Labute approximate surface area is 143 Å². The predicted octanol–water partition coefficient (Wildman–Crippen LogP) is -0.353. The van der Waals surface area contributed by atoms with Crippen molar-refractivity contribution in [3.63, 3.8) is 0 Å². The van der Waals surface area contributed by atoms with E-state index in [9.17, 15) is 18.3 Å².